The molecule has 266 valence electrons. The lowest BCUT2D eigenvalue weighted by Crippen LogP contribution is -2.40. The Morgan fingerprint density at radius 2 is 1.69 bits per heavy atom. The zero-order chi connectivity index (χ0) is 36.6. The summed E-state index contributed by atoms with van der Waals surface area (Å²) in [4.78, 5) is 41.0. The van der Waals surface area contributed by atoms with Crippen LogP contribution in [-0.2, 0) is 34.5 Å². The minimum absolute atomic E-state index is 0.0250. The van der Waals surface area contributed by atoms with Crippen molar-refractivity contribution in [1.29, 1.82) is 0 Å². The lowest BCUT2D eigenvalue weighted by Gasteiger charge is -2.27. The van der Waals surface area contributed by atoms with Gasteiger partial charge in [0.05, 0.1) is 18.0 Å². The van der Waals surface area contributed by atoms with Crippen LogP contribution in [0, 0.1) is 25.6 Å². The van der Waals surface area contributed by atoms with E-state index in [1.165, 1.54) is 24.3 Å². The first kappa shape index (κ1) is 37.7. The molecule has 7 nitrogen and oxygen atoms in total. The number of carboxylic acids is 1. The number of aliphatic carboxylic acids is 1. The minimum Gasteiger partial charge on any atom is -0.481 e. The number of pyridine rings is 1. The Morgan fingerprint density at radius 3 is 2.24 bits per heavy atom. The van der Waals surface area contributed by atoms with Gasteiger partial charge in [-0.05, 0) is 110 Å². The van der Waals surface area contributed by atoms with Crippen LogP contribution in [0.15, 0.2) is 41.3 Å². The summed E-state index contributed by atoms with van der Waals surface area (Å²) < 4.78 is 87.6. The molecule has 0 bridgehead atoms. The van der Waals surface area contributed by atoms with E-state index in [2.05, 4.69) is 5.32 Å². The molecule has 1 aliphatic rings. The molecule has 49 heavy (non-hydrogen) atoms. The summed E-state index contributed by atoms with van der Waals surface area (Å²) in [6, 6.07) is 3.15. The van der Waals surface area contributed by atoms with Crippen LogP contribution in [0.25, 0.3) is 11.1 Å². The topological polar surface area (TPSA) is 91.6 Å². The third-order valence-corrected chi connectivity index (χ3v) is 8.81. The quantitative estimate of drug-likeness (QED) is 0.194. The van der Waals surface area contributed by atoms with Gasteiger partial charge in [-0.3, -0.25) is 14.4 Å². The van der Waals surface area contributed by atoms with Gasteiger partial charge in [0.25, 0.3) is 11.5 Å². The fourth-order valence-corrected chi connectivity index (χ4v) is 6.64. The summed E-state index contributed by atoms with van der Waals surface area (Å²) in [5.74, 6) is -6.11. The molecule has 0 spiro atoms. The zero-order valence-corrected chi connectivity index (χ0v) is 28.3. The predicted molar refractivity (Wildman–Crippen MR) is 173 cm³/mol. The molecule has 2 N–H and O–H groups in total. The summed E-state index contributed by atoms with van der Waals surface area (Å²) in [6.07, 6.45) is -4.98. The summed E-state index contributed by atoms with van der Waals surface area (Å²) in [5, 5.41) is 12.5. The van der Waals surface area contributed by atoms with Crippen molar-refractivity contribution < 1.29 is 41.0 Å². The molecule has 0 saturated heterocycles. The molecule has 0 unspecified atom stereocenters. The second kappa shape index (κ2) is 14.4. The molecular formula is C36H41F6N3O4. The first-order valence-corrected chi connectivity index (χ1v) is 16.0. The molecule has 1 amide bonds. The smallest absolute Gasteiger partial charge is 0.416 e. The van der Waals surface area contributed by atoms with Gasteiger partial charge in [-0.1, -0.05) is 19.9 Å². The number of aromatic nitrogens is 1. The SMILES string of the molecule is Cc1cc(F)cc(C)c1-c1cc([C@H](CC(=O)O)NC(=O)[C@H](CC(C)C)n2cc(CCN(C)C)c(C(F)(F)F)cc2=O)cc2c1C(F)(F)CC2. The Balaban J connectivity index is 1.85. The van der Waals surface area contributed by atoms with Crippen molar-refractivity contribution in [3.05, 3.63) is 91.6 Å². The van der Waals surface area contributed by atoms with Gasteiger partial charge >= 0.3 is 12.1 Å². The van der Waals surface area contributed by atoms with E-state index in [1.54, 1.807) is 46.7 Å². The number of halogens is 6. The molecular weight excluding hydrogens is 652 g/mol. The molecule has 0 radical (unpaired) electrons. The van der Waals surface area contributed by atoms with Crippen molar-refractivity contribution in [3.8, 4) is 11.1 Å². The predicted octanol–water partition coefficient (Wildman–Crippen LogP) is 7.35. The van der Waals surface area contributed by atoms with Crippen LogP contribution in [-0.4, -0.2) is 47.1 Å². The second-order valence-corrected chi connectivity index (χ2v) is 13.5. The van der Waals surface area contributed by atoms with Crippen LogP contribution < -0.4 is 10.9 Å². The first-order chi connectivity index (χ1) is 22.7. The Bertz CT molecular complexity index is 1780. The normalized spacial score (nSPS) is 15.4. The number of rotatable bonds is 12. The van der Waals surface area contributed by atoms with Crippen LogP contribution in [0.4, 0.5) is 26.3 Å². The Kier molecular flexibility index (Phi) is 11.1. The van der Waals surface area contributed by atoms with E-state index in [4.69, 9.17) is 0 Å². The number of hydrogen-bond acceptors (Lipinski definition) is 4. The fraction of sp³-hybridized carbons (Fsp3) is 0.472. The van der Waals surface area contributed by atoms with E-state index in [0.29, 0.717) is 22.8 Å². The fourth-order valence-electron chi connectivity index (χ4n) is 6.64. The van der Waals surface area contributed by atoms with Crippen molar-refractivity contribution in [1.82, 2.24) is 14.8 Å². The zero-order valence-electron chi connectivity index (χ0n) is 28.3. The van der Waals surface area contributed by atoms with Crippen LogP contribution in [0.2, 0.25) is 0 Å². The number of nitrogens with one attached hydrogen (secondary N) is 1. The van der Waals surface area contributed by atoms with Crippen LogP contribution in [0.3, 0.4) is 0 Å². The summed E-state index contributed by atoms with van der Waals surface area (Å²) >= 11 is 0. The first-order valence-electron chi connectivity index (χ1n) is 16.0. The summed E-state index contributed by atoms with van der Waals surface area (Å²) in [6.45, 7) is 6.92. The highest BCUT2D eigenvalue weighted by Gasteiger charge is 2.43. The van der Waals surface area contributed by atoms with Gasteiger partial charge in [0.2, 0.25) is 5.91 Å². The van der Waals surface area contributed by atoms with Gasteiger partial charge in [0.15, 0.2) is 0 Å². The van der Waals surface area contributed by atoms with Gasteiger partial charge in [0.1, 0.15) is 11.9 Å². The average molecular weight is 694 g/mol. The van der Waals surface area contributed by atoms with Crippen LogP contribution in [0.1, 0.15) is 84.1 Å². The Labute approximate surface area is 280 Å². The summed E-state index contributed by atoms with van der Waals surface area (Å²) in [7, 11) is 3.37. The molecule has 0 aliphatic heterocycles. The average Bonchev–Trinajstić information content (AvgIpc) is 3.27. The monoisotopic (exact) mass is 693 g/mol. The largest absolute Gasteiger partial charge is 0.481 e. The van der Waals surface area contributed by atoms with Gasteiger partial charge in [0, 0.05) is 30.8 Å². The molecule has 0 fully saturated rings. The maximum atomic E-state index is 15.3. The van der Waals surface area contributed by atoms with E-state index < -0.39 is 65.8 Å². The Hall–Kier alpha value is -4.13. The van der Waals surface area contributed by atoms with Gasteiger partial charge in [-0.15, -0.1) is 0 Å². The van der Waals surface area contributed by atoms with Gasteiger partial charge in [-0.2, -0.15) is 13.2 Å². The molecule has 13 heteroatoms. The van der Waals surface area contributed by atoms with E-state index in [1.807, 2.05) is 0 Å². The highest BCUT2D eigenvalue weighted by Crippen LogP contribution is 2.49. The van der Waals surface area contributed by atoms with E-state index in [0.717, 1.165) is 10.8 Å². The van der Waals surface area contributed by atoms with Crippen molar-refractivity contribution in [2.45, 2.75) is 84.0 Å². The molecule has 1 aliphatic carbocycles. The van der Waals surface area contributed by atoms with Crippen molar-refractivity contribution in [2.75, 3.05) is 20.6 Å². The number of hydrogen-bond donors (Lipinski definition) is 2. The molecule has 2 aromatic carbocycles. The third-order valence-electron chi connectivity index (χ3n) is 8.81. The lowest BCUT2D eigenvalue weighted by atomic mass is 9.86. The molecule has 0 saturated carbocycles. The molecule has 2 atom stereocenters. The number of carboxylic acid groups (broad SMARTS) is 1. The van der Waals surface area contributed by atoms with Crippen molar-refractivity contribution >= 4 is 11.9 Å². The Morgan fingerprint density at radius 1 is 1.06 bits per heavy atom. The second-order valence-electron chi connectivity index (χ2n) is 13.5. The maximum absolute atomic E-state index is 15.3. The summed E-state index contributed by atoms with van der Waals surface area (Å²) in [5.41, 5.74) is -0.874. The number of alkyl halides is 5. The van der Waals surface area contributed by atoms with Crippen LogP contribution >= 0.6 is 0 Å². The molecule has 4 rings (SSSR count). The number of fused-ring (bicyclic) bond motifs is 1. The number of nitrogens with zero attached hydrogens (tertiary/aromatic N) is 2. The molecule has 3 aromatic rings. The maximum Gasteiger partial charge on any atom is 0.416 e. The minimum atomic E-state index is -4.81. The lowest BCUT2D eigenvalue weighted by molar-refractivity contribution is -0.139. The molecule has 1 aromatic heterocycles. The number of benzene rings is 2. The van der Waals surface area contributed by atoms with E-state index in [-0.39, 0.29) is 59.5 Å². The van der Waals surface area contributed by atoms with E-state index >= 15 is 8.78 Å². The van der Waals surface area contributed by atoms with Crippen molar-refractivity contribution in [2.24, 2.45) is 5.92 Å². The highest BCUT2D eigenvalue weighted by atomic mass is 19.4. The standard InChI is InChI=1S/C36H41F6N3O4/c1-19(2)11-29(45-18-23(8-10-44(5)6)27(16-30(45)46)36(40,41)42)34(49)43-28(17-31(47)48)24-14-22-7-9-35(38,39)33(22)26(15-24)32-20(3)12-25(37)13-21(32)4/h12-16,18-19,28-29H,7-11,17H2,1-6H3,(H,43,49)(H,47,48)/t28-,29-/m0/s1. The van der Waals surface area contributed by atoms with Crippen LogP contribution in [0.5, 0.6) is 0 Å². The van der Waals surface area contributed by atoms with Crippen molar-refractivity contribution in [3.63, 3.8) is 0 Å². The molecule has 1 heterocycles. The third kappa shape index (κ3) is 8.55. The van der Waals surface area contributed by atoms with Gasteiger partial charge < -0.3 is 19.9 Å². The number of aryl methyl sites for hydroxylation is 3. The number of likely N-dealkylation sites (N-methyl/N-ethyl adjacent to an activating group) is 1. The van der Waals surface area contributed by atoms with Gasteiger partial charge in [-0.25, -0.2) is 13.2 Å². The highest BCUT2D eigenvalue weighted by molar-refractivity contribution is 5.82. The number of amides is 1. The number of carbonyl (C=O) groups excluding carboxylic acids is 1. The van der Waals surface area contributed by atoms with E-state index in [9.17, 15) is 37.1 Å². The number of carbonyl (C=O) groups is 2.